The summed E-state index contributed by atoms with van der Waals surface area (Å²) < 4.78 is 11.8. The van der Waals surface area contributed by atoms with Crippen LogP contribution in [0.5, 0.6) is 0 Å². The van der Waals surface area contributed by atoms with Gasteiger partial charge in [0.25, 0.3) is 0 Å². The molecular formula is C12H21NO3S. The van der Waals surface area contributed by atoms with Gasteiger partial charge in [-0.1, -0.05) is 20.8 Å². The standard InChI is InChI=1S/C12H21NO3S/c1-11(2,3)9(14)12(10(13)15)5-7-17(4,16)8-6-12/h4-8H2,1-3H3,(H2,13,15). The number of Topliss-reactive ketones (excluding diaryl/α,β-unsaturated/α-hetero) is 1. The zero-order valence-corrected chi connectivity index (χ0v) is 11.6. The summed E-state index contributed by atoms with van der Waals surface area (Å²) in [5, 5.41) is 0. The number of carbonyl (C=O) groups is 2. The lowest BCUT2D eigenvalue weighted by Crippen LogP contribution is -2.52. The van der Waals surface area contributed by atoms with Gasteiger partial charge in [-0.3, -0.25) is 13.8 Å². The first-order valence-corrected chi connectivity index (χ1v) is 7.75. The van der Waals surface area contributed by atoms with E-state index in [4.69, 9.17) is 5.73 Å². The van der Waals surface area contributed by atoms with Crippen LogP contribution in [0.1, 0.15) is 33.6 Å². The number of carbonyl (C=O) groups excluding carboxylic acids is 2. The molecule has 0 bridgehead atoms. The van der Waals surface area contributed by atoms with E-state index in [-0.39, 0.29) is 18.6 Å². The van der Waals surface area contributed by atoms with Gasteiger partial charge in [0.2, 0.25) is 5.91 Å². The lowest BCUT2D eigenvalue weighted by atomic mass is 9.68. The molecule has 1 heterocycles. The van der Waals surface area contributed by atoms with Crippen LogP contribution in [0.3, 0.4) is 0 Å². The molecule has 0 atom stereocenters. The number of hydrogen-bond acceptors (Lipinski definition) is 3. The van der Waals surface area contributed by atoms with Crippen molar-refractivity contribution in [2.75, 3.05) is 11.5 Å². The van der Waals surface area contributed by atoms with E-state index in [2.05, 4.69) is 5.87 Å². The van der Waals surface area contributed by atoms with Gasteiger partial charge in [-0.15, -0.1) is 0 Å². The van der Waals surface area contributed by atoms with E-state index in [0.717, 1.165) is 0 Å². The molecule has 0 aromatic heterocycles. The third-order valence-electron chi connectivity index (χ3n) is 3.39. The van der Waals surface area contributed by atoms with E-state index in [1.807, 2.05) is 0 Å². The molecule has 0 aromatic rings. The Bertz CT molecular complexity index is 429. The molecule has 0 unspecified atom stereocenters. The molecule has 1 amide bonds. The monoisotopic (exact) mass is 259 g/mol. The van der Waals surface area contributed by atoms with Crippen LogP contribution < -0.4 is 5.73 Å². The van der Waals surface area contributed by atoms with E-state index < -0.39 is 26.3 Å². The van der Waals surface area contributed by atoms with Crippen molar-refractivity contribution in [2.24, 2.45) is 16.6 Å². The topological polar surface area (TPSA) is 77.2 Å². The number of rotatable bonds is 2. The molecule has 1 fully saturated rings. The molecule has 0 saturated carbocycles. The summed E-state index contributed by atoms with van der Waals surface area (Å²) >= 11 is 0. The fraction of sp³-hybridized carbons (Fsp3) is 0.750. The van der Waals surface area contributed by atoms with Crippen molar-refractivity contribution in [1.82, 2.24) is 0 Å². The first-order valence-electron chi connectivity index (χ1n) is 5.69. The molecule has 2 N–H and O–H groups in total. The highest BCUT2D eigenvalue weighted by atomic mass is 32.2. The predicted octanol–water partition coefficient (Wildman–Crippen LogP) is 0.583. The molecule has 98 valence electrons. The van der Waals surface area contributed by atoms with E-state index in [0.29, 0.717) is 11.5 Å². The Morgan fingerprint density at radius 1 is 1.24 bits per heavy atom. The fourth-order valence-corrected chi connectivity index (χ4v) is 3.90. The summed E-state index contributed by atoms with van der Waals surface area (Å²) in [5.41, 5.74) is 3.66. The maximum Gasteiger partial charge on any atom is 0.231 e. The van der Waals surface area contributed by atoms with Crippen LogP contribution in [0.25, 0.3) is 0 Å². The van der Waals surface area contributed by atoms with Gasteiger partial charge in [0, 0.05) is 16.9 Å². The van der Waals surface area contributed by atoms with Gasteiger partial charge in [0.05, 0.1) is 0 Å². The minimum Gasteiger partial charge on any atom is -0.369 e. The fourth-order valence-electron chi connectivity index (χ4n) is 2.25. The highest BCUT2D eigenvalue weighted by Crippen LogP contribution is 2.39. The molecule has 1 rings (SSSR count). The zero-order valence-electron chi connectivity index (χ0n) is 10.7. The average molecular weight is 259 g/mol. The average Bonchev–Trinajstić information content (AvgIpc) is 2.15. The first kappa shape index (κ1) is 14.2. The molecule has 5 heteroatoms. The van der Waals surface area contributed by atoms with Gasteiger partial charge in [0.15, 0.2) is 5.78 Å². The van der Waals surface area contributed by atoms with Crippen LogP contribution in [0.15, 0.2) is 0 Å². The summed E-state index contributed by atoms with van der Waals surface area (Å²) in [6.45, 7) is 5.32. The lowest BCUT2D eigenvalue weighted by molar-refractivity contribution is -0.146. The first-order chi connectivity index (χ1) is 7.51. The van der Waals surface area contributed by atoms with Crippen LogP contribution in [0, 0.1) is 10.8 Å². The van der Waals surface area contributed by atoms with Crippen molar-refractivity contribution in [2.45, 2.75) is 33.6 Å². The number of hydrogen-bond donors (Lipinski definition) is 1. The highest BCUT2D eigenvalue weighted by molar-refractivity contribution is 8.00. The van der Waals surface area contributed by atoms with Gasteiger partial charge < -0.3 is 5.73 Å². The van der Waals surface area contributed by atoms with Gasteiger partial charge >= 0.3 is 0 Å². The Balaban J connectivity index is 3.11. The molecule has 1 aliphatic rings. The Morgan fingerprint density at radius 2 is 1.65 bits per heavy atom. The smallest absolute Gasteiger partial charge is 0.231 e. The minimum absolute atomic E-state index is 0.146. The molecule has 0 radical (unpaired) electrons. The second-order valence-electron chi connectivity index (χ2n) is 5.90. The predicted molar refractivity (Wildman–Crippen MR) is 70.3 cm³/mol. The number of nitrogens with two attached hydrogens (primary N) is 1. The second kappa shape index (κ2) is 4.12. The van der Waals surface area contributed by atoms with Crippen LogP contribution in [0.2, 0.25) is 0 Å². The summed E-state index contributed by atoms with van der Waals surface area (Å²) in [6.07, 6.45) is 0.529. The Morgan fingerprint density at radius 3 is 1.94 bits per heavy atom. The Hall–Kier alpha value is -0.840. The summed E-state index contributed by atoms with van der Waals surface area (Å²) in [5.74, 6) is 3.51. The Labute approximate surface area is 103 Å². The Kier molecular flexibility index (Phi) is 3.45. The van der Waals surface area contributed by atoms with E-state index >= 15 is 0 Å². The van der Waals surface area contributed by atoms with Crippen molar-refractivity contribution in [3.8, 4) is 0 Å². The quantitative estimate of drug-likeness (QED) is 0.582. The molecule has 0 aliphatic carbocycles. The maximum atomic E-state index is 12.4. The van der Waals surface area contributed by atoms with Crippen molar-refractivity contribution in [3.63, 3.8) is 0 Å². The van der Waals surface area contributed by atoms with Crippen molar-refractivity contribution in [1.29, 1.82) is 0 Å². The summed E-state index contributed by atoms with van der Waals surface area (Å²) in [6, 6.07) is 0. The number of primary amides is 1. The van der Waals surface area contributed by atoms with Crippen LogP contribution in [-0.4, -0.2) is 33.3 Å². The van der Waals surface area contributed by atoms with Gasteiger partial charge in [-0.2, -0.15) is 0 Å². The third-order valence-corrected chi connectivity index (χ3v) is 5.29. The van der Waals surface area contributed by atoms with Gasteiger partial charge in [0.1, 0.15) is 5.41 Å². The van der Waals surface area contributed by atoms with Crippen LogP contribution >= 0.6 is 0 Å². The maximum absolute atomic E-state index is 12.4. The summed E-state index contributed by atoms with van der Waals surface area (Å²) in [7, 11) is -2.13. The van der Waals surface area contributed by atoms with Gasteiger partial charge in [-0.25, -0.2) is 0 Å². The van der Waals surface area contributed by atoms with E-state index in [9.17, 15) is 13.8 Å². The molecule has 1 saturated heterocycles. The van der Waals surface area contributed by atoms with E-state index in [1.165, 1.54) is 0 Å². The SMILES string of the molecule is C=S1(=O)CCC(C(N)=O)(C(=O)C(C)(C)C)CC1. The third kappa shape index (κ3) is 2.70. The number of ketones is 1. The van der Waals surface area contributed by atoms with E-state index in [1.54, 1.807) is 20.8 Å². The second-order valence-corrected chi connectivity index (χ2v) is 8.65. The van der Waals surface area contributed by atoms with Gasteiger partial charge in [-0.05, 0) is 28.2 Å². The van der Waals surface area contributed by atoms with Crippen LogP contribution in [0.4, 0.5) is 0 Å². The summed E-state index contributed by atoms with van der Waals surface area (Å²) in [4.78, 5) is 24.0. The number of amides is 1. The van der Waals surface area contributed by atoms with Crippen molar-refractivity contribution >= 4 is 27.1 Å². The lowest BCUT2D eigenvalue weighted by Gasteiger charge is -2.38. The molecule has 1 aliphatic heterocycles. The molecule has 4 nitrogen and oxygen atoms in total. The van der Waals surface area contributed by atoms with Crippen molar-refractivity contribution < 1.29 is 13.8 Å². The van der Waals surface area contributed by atoms with Crippen molar-refractivity contribution in [3.05, 3.63) is 0 Å². The molecule has 0 spiro atoms. The molecule has 17 heavy (non-hydrogen) atoms. The molecular weight excluding hydrogens is 238 g/mol. The molecule has 0 aromatic carbocycles. The minimum atomic E-state index is -2.13. The normalized spacial score (nSPS) is 34.3. The largest absolute Gasteiger partial charge is 0.369 e. The van der Waals surface area contributed by atoms with Crippen LogP contribution in [-0.2, 0) is 19.1 Å². The zero-order chi connectivity index (χ0) is 13.5. The highest BCUT2D eigenvalue weighted by Gasteiger charge is 2.50.